The van der Waals surface area contributed by atoms with Crippen molar-refractivity contribution >= 4 is 17.5 Å². The topological polar surface area (TPSA) is 74.2 Å². The standard InChI is InChI=1S/C24H36N4O3/c1-17-9-6-7-10-21(17)22-13-20(31-26-22)14-24(11-8-12-28(16-24)19(3)29)23(30)25-18(2)15-27(4)5/h6-7,9-10,18,20H,8,11-16H2,1-5H3,(H,25,30)/t18-,20+,24-/m0/s1. The molecule has 0 unspecified atom stereocenters. The van der Waals surface area contributed by atoms with Crippen molar-refractivity contribution in [2.75, 3.05) is 33.7 Å². The Kier molecular flexibility index (Phi) is 7.36. The SMILES string of the molecule is CC(=O)N1CCC[C@@](C[C@H]2CC(c3ccccc3C)=NO2)(C(=O)N[C@@H](C)CN(C)C)C1. The first-order chi connectivity index (χ1) is 14.7. The Bertz CT molecular complexity index is 838. The van der Waals surface area contributed by atoms with Crippen LogP contribution in [0.25, 0.3) is 0 Å². The highest BCUT2D eigenvalue weighted by Crippen LogP contribution is 2.38. The quantitative estimate of drug-likeness (QED) is 0.724. The van der Waals surface area contributed by atoms with E-state index in [4.69, 9.17) is 4.84 Å². The highest BCUT2D eigenvalue weighted by molar-refractivity contribution is 6.02. The highest BCUT2D eigenvalue weighted by atomic mass is 16.6. The van der Waals surface area contributed by atoms with E-state index in [0.29, 0.717) is 25.9 Å². The number of hydrogen-bond donors (Lipinski definition) is 1. The number of nitrogens with one attached hydrogen (secondary N) is 1. The van der Waals surface area contributed by atoms with Crippen LogP contribution in [-0.4, -0.2) is 73.2 Å². The molecule has 0 aliphatic carbocycles. The second-order valence-electron chi connectivity index (χ2n) is 9.45. The first kappa shape index (κ1) is 23.3. The minimum Gasteiger partial charge on any atom is -0.392 e. The van der Waals surface area contributed by atoms with Crippen LogP contribution in [0.15, 0.2) is 29.4 Å². The summed E-state index contributed by atoms with van der Waals surface area (Å²) in [4.78, 5) is 35.3. The van der Waals surface area contributed by atoms with Gasteiger partial charge < -0.3 is 20.0 Å². The molecule has 2 heterocycles. The fourth-order valence-electron chi connectivity index (χ4n) is 4.84. The molecular formula is C24H36N4O3. The number of rotatable bonds is 7. The predicted octanol–water partition coefficient (Wildman–Crippen LogP) is 2.57. The number of oxime groups is 1. The molecule has 0 radical (unpaired) electrons. The molecule has 1 saturated heterocycles. The molecule has 0 spiro atoms. The summed E-state index contributed by atoms with van der Waals surface area (Å²) in [6.07, 6.45) is 2.62. The molecule has 0 aromatic heterocycles. The number of likely N-dealkylation sites (tertiary alicyclic amines) is 1. The number of benzene rings is 1. The van der Waals surface area contributed by atoms with Gasteiger partial charge in [-0.25, -0.2) is 0 Å². The first-order valence-electron chi connectivity index (χ1n) is 11.2. The number of amides is 2. The van der Waals surface area contributed by atoms with Crippen LogP contribution in [0.1, 0.15) is 50.7 Å². The summed E-state index contributed by atoms with van der Waals surface area (Å²) in [6.45, 7) is 7.56. The Morgan fingerprint density at radius 3 is 2.77 bits per heavy atom. The van der Waals surface area contributed by atoms with E-state index >= 15 is 0 Å². The van der Waals surface area contributed by atoms with E-state index < -0.39 is 5.41 Å². The molecule has 2 aliphatic heterocycles. The predicted molar refractivity (Wildman–Crippen MR) is 122 cm³/mol. The molecule has 3 atom stereocenters. The maximum atomic E-state index is 13.5. The maximum Gasteiger partial charge on any atom is 0.228 e. The summed E-state index contributed by atoms with van der Waals surface area (Å²) in [7, 11) is 3.99. The summed E-state index contributed by atoms with van der Waals surface area (Å²) in [5, 5.41) is 7.55. The molecule has 1 fully saturated rings. The smallest absolute Gasteiger partial charge is 0.228 e. The van der Waals surface area contributed by atoms with E-state index in [9.17, 15) is 9.59 Å². The van der Waals surface area contributed by atoms with Gasteiger partial charge in [0.15, 0.2) is 0 Å². The minimum absolute atomic E-state index is 0.0146. The molecule has 3 rings (SSSR count). The largest absolute Gasteiger partial charge is 0.392 e. The van der Waals surface area contributed by atoms with Crippen LogP contribution in [0.4, 0.5) is 0 Å². The molecule has 2 amide bonds. The van der Waals surface area contributed by atoms with Crippen molar-refractivity contribution in [2.24, 2.45) is 10.6 Å². The van der Waals surface area contributed by atoms with Crippen LogP contribution < -0.4 is 5.32 Å². The van der Waals surface area contributed by atoms with Gasteiger partial charge in [-0.3, -0.25) is 9.59 Å². The van der Waals surface area contributed by atoms with Crippen LogP contribution in [0.3, 0.4) is 0 Å². The first-order valence-corrected chi connectivity index (χ1v) is 11.2. The van der Waals surface area contributed by atoms with E-state index in [2.05, 4.69) is 34.4 Å². The molecule has 31 heavy (non-hydrogen) atoms. The third-order valence-corrected chi connectivity index (χ3v) is 6.33. The second-order valence-corrected chi connectivity index (χ2v) is 9.45. The third kappa shape index (κ3) is 5.64. The van der Waals surface area contributed by atoms with Gasteiger partial charge in [-0.2, -0.15) is 0 Å². The van der Waals surface area contributed by atoms with Gasteiger partial charge in [0, 0.05) is 51.0 Å². The van der Waals surface area contributed by atoms with Gasteiger partial charge >= 0.3 is 0 Å². The van der Waals surface area contributed by atoms with E-state index in [1.165, 1.54) is 0 Å². The summed E-state index contributed by atoms with van der Waals surface area (Å²) in [5.74, 6) is 0.0307. The molecule has 1 aromatic rings. The molecule has 7 heteroatoms. The van der Waals surface area contributed by atoms with Gasteiger partial charge in [0.2, 0.25) is 11.8 Å². The average Bonchev–Trinajstić information content (AvgIpc) is 3.15. The van der Waals surface area contributed by atoms with Crippen LogP contribution in [-0.2, 0) is 14.4 Å². The van der Waals surface area contributed by atoms with Crippen molar-refractivity contribution in [1.29, 1.82) is 0 Å². The Labute approximate surface area is 185 Å². The van der Waals surface area contributed by atoms with Crippen LogP contribution in [0.5, 0.6) is 0 Å². The minimum atomic E-state index is -0.661. The Balaban J connectivity index is 1.75. The summed E-state index contributed by atoms with van der Waals surface area (Å²) in [6, 6.07) is 8.17. The van der Waals surface area contributed by atoms with Crippen molar-refractivity contribution in [3.05, 3.63) is 35.4 Å². The molecule has 0 bridgehead atoms. The fourth-order valence-corrected chi connectivity index (χ4v) is 4.84. The Hall–Kier alpha value is -2.41. The second kappa shape index (κ2) is 9.81. The van der Waals surface area contributed by atoms with Crippen molar-refractivity contribution in [3.8, 4) is 0 Å². The van der Waals surface area contributed by atoms with Crippen LogP contribution in [0, 0.1) is 12.3 Å². The zero-order valence-electron chi connectivity index (χ0n) is 19.5. The van der Waals surface area contributed by atoms with Crippen molar-refractivity contribution in [2.45, 2.75) is 58.6 Å². The van der Waals surface area contributed by atoms with Gasteiger partial charge in [0.05, 0.1) is 11.1 Å². The number of nitrogens with zero attached hydrogens (tertiary/aromatic N) is 3. The lowest BCUT2D eigenvalue weighted by Gasteiger charge is -2.42. The number of hydrogen-bond acceptors (Lipinski definition) is 5. The summed E-state index contributed by atoms with van der Waals surface area (Å²) < 4.78 is 0. The average molecular weight is 429 g/mol. The van der Waals surface area contributed by atoms with Crippen LogP contribution in [0.2, 0.25) is 0 Å². The monoisotopic (exact) mass is 428 g/mol. The number of likely N-dealkylation sites (N-methyl/N-ethyl adjacent to an activating group) is 1. The lowest BCUT2D eigenvalue weighted by molar-refractivity contribution is -0.143. The van der Waals surface area contributed by atoms with Gasteiger partial charge in [-0.15, -0.1) is 0 Å². The van der Waals surface area contributed by atoms with Crippen molar-refractivity contribution < 1.29 is 14.4 Å². The lowest BCUT2D eigenvalue weighted by Crippen LogP contribution is -2.56. The van der Waals surface area contributed by atoms with Gasteiger partial charge in [-0.05, 0) is 46.3 Å². The third-order valence-electron chi connectivity index (χ3n) is 6.33. The van der Waals surface area contributed by atoms with Gasteiger partial charge in [0.25, 0.3) is 0 Å². The fraction of sp³-hybridized carbons (Fsp3) is 0.625. The zero-order chi connectivity index (χ0) is 22.6. The van der Waals surface area contributed by atoms with Gasteiger partial charge in [-0.1, -0.05) is 29.4 Å². The lowest BCUT2D eigenvalue weighted by atomic mass is 9.73. The number of aryl methyl sites for hydroxylation is 1. The van der Waals surface area contributed by atoms with E-state index in [0.717, 1.165) is 36.2 Å². The van der Waals surface area contributed by atoms with E-state index in [1.54, 1.807) is 11.8 Å². The number of piperidine rings is 1. The van der Waals surface area contributed by atoms with E-state index in [1.807, 2.05) is 33.2 Å². The molecule has 170 valence electrons. The Morgan fingerprint density at radius 2 is 2.10 bits per heavy atom. The van der Waals surface area contributed by atoms with Crippen molar-refractivity contribution in [3.63, 3.8) is 0 Å². The molecule has 2 aliphatic rings. The van der Waals surface area contributed by atoms with Gasteiger partial charge in [0.1, 0.15) is 6.10 Å². The normalized spacial score (nSPS) is 24.5. The van der Waals surface area contributed by atoms with Crippen molar-refractivity contribution in [1.82, 2.24) is 15.1 Å². The number of carbonyl (C=O) groups excluding carboxylic acids is 2. The maximum absolute atomic E-state index is 13.5. The van der Waals surface area contributed by atoms with E-state index in [-0.39, 0.29) is 24.0 Å². The summed E-state index contributed by atoms with van der Waals surface area (Å²) >= 11 is 0. The zero-order valence-corrected chi connectivity index (χ0v) is 19.5. The molecule has 1 N–H and O–H groups in total. The molecule has 0 saturated carbocycles. The molecule has 7 nitrogen and oxygen atoms in total. The Morgan fingerprint density at radius 1 is 1.35 bits per heavy atom. The number of carbonyl (C=O) groups is 2. The molecule has 1 aromatic carbocycles. The highest BCUT2D eigenvalue weighted by Gasteiger charge is 2.46. The summed E-state index contributed by atoms with van der Waals surface area (Å²) in [5.41, 5.74) is 2.53. The molecular weight excluding hydrogens is 392 g/mol. The van der Waals surface area contributed by atoms with Crippen LogP contribution >= 0.6 is 0 Å².